The van der Waals surface area contributed by atoms with E-state index in [1.54, 1.807) is 0 Å². The molecule has 0 aromatic carbocycles. The number of rotatable bonds is 5. The molecule has 0 saturated heterocycles. The molecule has 1 N–H and O–H groups in total. The Hall–Kier alpha value is -0.760. The average Bonchev–Trinajstić information content (AvgIpc) is 2.59. The molecule has 0 fully saturated rings. The summed E-state index contributed by atoms with van der Waals surface area (Å²) in [5.41, 5.74) is 0. The molecule has 0 saturated carbocycles. The van der Waals surface area contributed by atoms with Crippen LogP contribution in [-0.4, -0.2) is 16.3 Å². The minimum atomic E-state index is 0.303. The summed E-state index contributed by atoms with van der Waals surface area (Å²) >= 11 is 0. The SMILES string of the molecule is CCC(CCCO)n1cccc1. The second kappa shape index (κ2) is 4.99. The van der Waals surface area contributed by atoms with Gasteiger partial charge in [-0.05, 0) is 31.4 Å². The van der Waals surface area contributed by atoms with Crippen molar-refractivity contribution in [2.75, 3.05) is 6.61 Å². The Morgan fingerprint density at radius 2 is 2.00 bits per heavy atom. The lowest BCUT2D eigenvalue weighted by atomic mass is 10.1. The highest BCUT2D eigenvalue weighted by molar-refractivity contribution is 4.92. The first-order chi connectivity index (χ1) is 5.88. The fourth-order valence-corrected chi connectivity index (χ4v) is 1.48. The van der Waals surface area contributed by atoms with Gasteiger partial charge in [0.05, 0.1) is 0 Å². The van der Waals surface area contributed by atoms with E-state index in [1.165, 1.54) is 0 Å². The van der Waals surface area contributed by atoms with Gasteiger partial charge in [0.2, 0.25) is 0 Å². The van der Waals surface area contributed by atoms with Crippen molar-refractivity contribution in [3.05, 3.63) is 24.5 Å². The molecular weight excluding hydrogens is 150 g/mol. The van der Waals surface area contributed by atoms with Crippen LogP contribution in [0.3, 0.4) is 0 Å². The molecule has 1 aromatic rings. The molecule has 0 aliphatic rings. The highest BCUT2D eigenvalue weighted by Gasteiger charge is 2.05. The molecule has 1 atom stereocenters. The molecular formula is C10H17NO. The number of aliphatic hydroxyl groups is 1. The number of hydrogen-bond donors (Lipinski definition) is 1. The summed E-state index contributed by atoms with van der Waals surface area (Å²) in [5, 5.41) is 8.70. The molecule has 2 heteroatoms. The second-order valence-electron chi connectivity index (χ2n) is 3.06. The maximum absolute atomic E-state index is 8.70. The summed E-state index contributed by atoms with van der Waals surface area (Å²) in [6, 6.07) is 4.65. The summed E-state index contributed by atoms with van der Waals surface area (Å²) < 4.78 is 2.22. The van der Waals surface area contributed by atoms with E-state index in [2.05, 4.69) is 23.9 Å². The first-order valence-corrected chi connectivity index (χ1v) is 4.61. The molecule has 0 bridgehead atoms. The number of aromatic nitrogens is 1. The van der Waals surface area contributed by atoms with E-state index in [-0.39, 0.29) is 0 Å². The van der Waals surface area contributed by atoms with E-state index in [4.69, 9.17) is 5.11 Å². The maximum Gasteiger partial charge on any atom is 0.0431 e. The van der Waals surface area contributed by atoms with Crippen LogP contribution in [-0.2, 0) is 0 Å². The van der Waals surface area contributed by atoms with Gasteiger partial charge in [0.25, 0.3) is 0 Å². The van der Waals surface area contributed by atoms with Gasteiger partial charge in [0, 0.05) is 25.0 Å². The minimum absolute atomic E-state index is 0.303. The van der Waals surface area contributed by atoms with Gasteiger partial charge < -0.3 is 9.67 Å². The van der Waals surface area contributed by atoms with Crippen LogP contribution < -0.4 is 0 Å². The highest BCUT2D eigenvalue weighted by atomic mass is 16.2. The van der Waals surface area contributed by atoms with E-state index >= 15 is 0 Å². The molecule has 0 radical (unpaired) electrons. The van der Waals surface area contributed by atoms with Crippen LogP contribution >= 0.6 is 0 Å². The summed E-state index contributed by atoms with van der Waals surface area (Å²) in [5.74, 6) is 0. The molecule has 0 spiro atoms. The zero-order valence-electron chi connectivity index (χ0n) is 7.61. The fourth-order valence-electron chi connectivity index (χ4n) is 1.48. The Kier molecular flexibility index (Phi) is 3.88. The molecule has 1 rings (SSSR count). The van der Waals surface area contributed by atoms with Crippen LogP contribution in [0.1, 0.15) is 32.2 Å². The molecule has 2 nitrogen and oxygen atoms in total. The summed E-state index contributed by atoms with van der Waals surface area (Å²) in [4.78, 5) is 0. The molecule has 0 aliphatic heterocycles. The van der Waals surface area contributed by atoms with Gasteiger partial charge >= 0.3 is 0 Å². The molecule has 12 heavy (non-hydrogen) atoms. The van der Waals surface area contributed by atoms with Crippen molar-refractivity contribution in [2.24, 2.45) is 0 Å². The van der Waals surface area contributed by atoms with Crippen LogP contribution in [0, 0.1) is 0 Å². The molecule has 0 aliphatic carbocycles. The third-order valence-electron chi connectivity index (χ3n) is 2.22. The van der Waals surface area contributed by atoms with Crippen molar-refractivity contribution in [1.82, 2.24) is 4.57 Å². The van der Waals surface area contributed by atoms with E-state index in [0.717, 1.165) is 19.3 Å². The summed E-state index contributed by atoms with van der Waals surface area (Å²) in [6.07, 6.45) is 7.28. The normalized spacial score (nSPS) is 13.2. The standard InChI is InChI=1S/C10H17NO/c1-2-10(6-5-9-12)11-7-3-4-8-11/h3-4,7-8,10,12H,2,5-6,9H2,1H3. The highest BCUT2D eigenvalue weighted by Crippen LogP contribution is 2.17. The van der Waals surface area contributed by atoms with Gasteiger partial charge in [0.1, 0.15) is 0 Å². The lowest BCUT2D eigenvalue weighted by molar-refractivity contribution is 0.269. The van der Waals surface area contributed by atoms with E-state index in [0.29, 0.717) is 12.6 Å². The molecule has 68 valence electrons. The van der Waals surface area contributed by atoms with E-state index < -0.39 is 0 Å². The summed E-state index contributed by atoms with van der Waals surface area (Å²) in [6.45, 7) is 2.49. The minimum Gasteiger partial charge on any atom is -0.396 e. The van der Waals surface area contributed by atoms with Crippen molar-refractivity contribution in [3.8, 4) is 0 Å². The zero-order chi connectivity index (χ0) is 8.81. The lowest BCUT2D eigenvalue weighted by Gasteiger charge is -2.15. The lowest BCUT2D eigenvalue weighted by Crippen LogP contribution is -2.06. The third kappa shape index (κ3) is 2.38. The van der Waals surface area contributed by atoms with Crippen molar-refractivity contribution in [3.63, 3.8) is 0 Å². The number of hydrogen-bond acceptors (Lipinski definition) is 1. The van der Waals surface area contributed by atoms with Gasteiger partial charge in [-0.3, -0.25) is 0 Å². The molecule has 0 amide bonds. The molecule has 1 aromatic heterocycles. The van der Waals surface area contributed by atoms with E-state index in [9.17, 15) is 0 Å². The molecule has 1 heterocycles. The number of aliphatic hydroxyl groups excluding tert-OH is 1. The van der Waals surface area contributed by atoms with Gasteiger partial charge in [-0.15, -0.1) is 0 Å². The Balaban J connectivity index is 2.45. The topological polar surface area (TPSA) is 25.2 Å². The molecule has 1 unspecified atom stereocenters. The third-order valence-corrected chi connectivity index (χ3v) is 2.22. The maximum atomic E-state index is 8.70. The van der Waals surface area contributed by atoms with Crippen LogP contribution in [0.4, 0.5) is 0 Å². The largest absolute Gasteiger partial charge is 0.396 e. The van der Waals surface area contributed by atoms with Crippen molar-refractivity contribution < 1.29 is 5.11 Å². The van der Waals surface area contributed by atoms with Gasteiger partial charge in [-0.2, -0.15) is 0 Å². The first-order valence-electron chi connectivity index (χ1n) is 4.61. The van der Waals surface area contributed by atoms with Crippen molar-refractivity contribution in [2.45, 2.75) is 32.2 Å². The predicted octanol–water partition coefficient (Wildman–Crippen LogP) is 2.21. The van der Waals surface area contributed by atoms with Gasteiger partial charge in [0.15, 0.2) is 0 Å². The van der Waals surface area contributed by atoms with Crippen molar-refractivity contribution >= 4 is 0 Å². The van der Waals surface area contributed by atoms with E-state index in [1.807, 2.05) is 12.1 Å². The summed E-state index contributed by atoms with van der Waals surface area (Å²) in [7, 11) is 0. The van der Waals surface area contributed by atoms with Crippen LogP contribution in [0.25, 0.3) is 0 Å². The van der Waals surface area contributed by atoms with Crippen molar-refractivity contribution in [1.29, 1.82) is 0 Å². The smallest absolute Gasteiger partial charge is 0.0431 e. The van der Waals surface area contributed by atoms with Gasteiger partial charge in [-0.25, -0.2) is 0 Å². The van der Waals surface area contributed by atoms with Crippen LogP contribution in [0.2, 0.25) is 0 Å². The quantitative estimate of drug-likeness (QED) is 0.714. The number of nitrogens with zero attached hydrogens (tertiary/aromatic N) is 1. The second-order valence-corrected chi connectivity index (χ2v) is 3.06. The Morgan fingerprint density at radius 3 is 2.50 bits per heavy atom. The fraction of sp³-hybridized carbons (Fsp3) is 0.600. The predicted molar refractivity (Wildman–Crippen MR) is 50.1 cm³/mol. The van der Waals surface area contributed by atoms with Crippen LogP contribution in [0.5, 0.6) is 0 Å². The van der Waals surface area contributed by atoms with Gasteiger partial charge in [-0.1, -0.05) is 6.92 Å². The Bertz CT molecular complexity index is 194. The first kappa shape index (κ1) is 9.33. The Morgan fingerprint density at radius 1 is 1.33 bits per heavy atom. The monoisotopic (exact) mass is 167 g/mol. The average molecular weight is 167 g/mol. The van der Waals surface area contributed by atoms with Crippen LogP contribution in [0.15, 0.2) is 24.5 Å². The zero-order valence-corrected chi connectivity index (χ0v) is 7.61. The Labute approximate surface area is 73.8 Å².